The fraction of sp³-hybridized carbons (Fsp3) is 0.296. The molecule has 2 N–H and O–H groups in total. The molecule has 0 saturated heterocycles. The van der Waals surface area contributed by atoms with Crippen LogP contribution in [0.4, 0.5) is 0 Å². The van der Waals surface area contributed by atoms with E-state index in [4.69, 9.17) is 0 Å². The average molecular weight is 460 g/mol. The monoisotopic (exact) mass is 459 g/mol. The third-order valence-corrected chi connectivity index (χ3v) is 5.74. The van der Waals surface area contributed by atoms with Crippen molar-refractivity contribution in [1.82, 2.24) is 25.4 Å². The van der Waals surface area contributed by atoms with Crippen molar-refractivity contribution >= 4 is 11.8 Å². The summed E-state index contributed by atoms with van der Waals surface area (Å²) in [6.07, 6.45) is 0. The molecule has 1 aromatic heterocycles. The van der Waals surface area contributed by atoms with Crippen molar-refractivity contribution in [2.45, 2.75) is 12.1 Å². The van der Waals surface area contributed by atoms with Gasteiger partial charge in [0.2, 0.25) is 0 Å². The van der Waals surface area contributed by atoms with Crippen molar-refractivity contribution in [3.63, 3.8) is 0 Å². The van der Waals surface area contributed by atoms with Gasteiger partial charge < -0.3 is 20.4 Å². The van der Waals surface area contributed by atoms with Crippen LogP contribution in [0.1, 0.15) is 44.2 Å². The molecule has 7 nitrogen and oxygen atoms in total. The van der Waals surface area contributed by atoms with E-state index in [0.29, 0.717) is 13.1 Å². The van der Waals surface area contributed by atoms with Gasteiger partial charge in [-0.25, -0.2) is 4.98 Å². The first-order valence-electron chi connectivity index (χ1n) is 11.3. The molecular formula is C27H33N5O2. The zero-order chi connectivity index (χ0) is 24.5. The fourth-order valence-electron chi connectivity index (χ4n) is 3.80. The summed E-state index contributed by atoms with van der Waals surface area (Å²) in [4.78, 5) is 34.0. The minimum Gasteiger partial charge on any atom is -0.349 e. The molecule has 0 saturated carbocycles. The molecule has 3 aromatic rings. The van der Waals surface area contributed by atoms with Gasteiger partial charge in [-0.2, -0.15) is 0 Å². The first kappa shape index (κ1) is 25.1. The molecule has 0 bridgehead atoms. The lowest BCUT2D eigenvalue weighted by Crippen LogP contribution is -2.36. The molecule has 0 radical (unpaired) electrons. The zero-order valence-corrected chi connectivity index (χ0v) is 20.2. The van der Waals surface area contributed by atoms with Crippen LogP contribution in [0.3, 0.4) is 0 Å². The van der Waals surface area contributed by atoms with Crippen molar-refractivity contribution in [1.29, 1.82) is 0 Å². The van der Waals surface area contributed by atoms with Gasteiger partial charge in [0, 0.05) is 13.1 Å². The summed E-state index contributed by atoms with van der Waals surface area (Å²) in [6, 6.07) is 25.0. The topological polar surface area (TPSA) is 77.6 Å². The zero-order valence-electron chi connectivity index (χ0n) is 20.2. The third kappa shape index (κ3) is 6.73. The Balaban J connectivity index is 1.63. The molecule has 0 fully saturated rings. The molecule has 178 valence electrons. The summed E-state index contributed by atoms with van der Waals surface area (Å²) < 4.78 is 0. The number of benzene rings is 2. The second-order valence-corrected chi connectivity index (χ2v) is 8.61. The van der Waals surface area contributed by atoms with Crippen molar-refractivity contribution in [2.24, 2.45) is 0 Å². The Bertz CT molecular complexity index is 988. The fourth-order valence-corrected chi connectivity index (χ4v) is 3.80. The van der Waals surface area contributed by atoms with Gasteiger partial charge in [-0.05, 0) is 51.5 Å². The first-order valence-corrected chi connectivity index (χ1v) is 11.3. The van der Waals surface area contributed by atoms with E-state index >= 15 is 0 Å². The maximum atomic E-state index is 12.8. The predicted octanol–water partition coefficient (Wildman–Crippen LogP) is 3.15. The maximum absolute atomic E-state index is 12.8. The molecule has 34 heavy (non-hydrogen) atoms. The summed E-state index contributed by atoms with van der Waals surface area (Å²) >= 11 is 0. The van der Waals surface area contributed by atoms with Crippen LogP contribution in [0.2, 0.25) is 0 Å². The van der Waals surface area contributed by atoms with Crippen LogP contribution in [0, 0.1) is 0 Å². The number of nitrogens with one attached hydrogen (secondary N) is 2. The molecule has 2 unspecified atom stereocenters. The van der Waals surface area contributed by atoms with E-state index < -0.39 is 0 Å². The van der Waals surface area contributed by atoms with Crippen LogP contribution in [-0.2, 0) is 0 Å². The maximum Gasteiger partial charge on any atom is 0.269 e. The highest BCUT2D eigenvalue weighted by atomic mass is 16.2. The lowest BCUT2D eigenvalue weighted by molar-refractivity contribution is 0.0932. The van der Waals surface area contributed by atoms with Gasteiger partial charge in [0.15, 0.2) is 0 Å². The standard InChI is InChI=1S/C27H33N5O2/c1-31(2)24(20-12-7-5-8-13-20)18-28-26(33)22-16-11-17-23(30-22)27(34)29-19-25(32(3)4)21-14-9-6-10-15-21/h5-17,24-25H,18-19H2,1-4H3,(H,28,33)(H,29,34). The Labute approximate surface area is 201 Å². The Morgan fingerprint density at radius 3 is 1.38 bits per heavy atom. The van der Waals surface area contributed by atoms with Gasteiger partial charge in [-0.1, -0.05) is 66.7 Å². The van der Waals surface area contributed by atoms with Crippen LogP contribution in [0.25, 0.3) is 0 Å². The number of amides is 2. The van der Waals surface area contributed by atoms with Gasteiger partial charge in [-0.3, -0.25) is 9.59 Å². The number of rotatable bonds is 10. The average Bonchev–Trinajstić information content (AvgIpc) is 2.85. The smallest absolute Gasteiger partial charge is 0.269 e. The molecule has 2 amide bonds. The lowest BCUT2D eigenvalue weighted by Gasteiger charge is -2.25. The molecule has 0 spiro atoms. The largest absolute Gasteiger partial charge is 0.349 e. The van der Waals surface area contributed by atoms with Crippen molar-refractivity contribution in [3.8, 4) is 0 Å². The Kier molecular flexibility index (Phi) is 8.90. The molecule has 1 heterocycles. The molecule has 7 heteroatoms. The van der Waals surface area contributed by atoms with E-state index in [9.17, 15) is 9.59 Å². The Morgan fingerprint density at radius 1 is 0.647 bits per heavy atom. The molecule has 0 aliphatic rings. The third-order valence-electron chi connectivity index (χ3n) is 5.74. The lowest BCUT2D eigenvalue weighted by atomic mass is 10.1. The molecule has 0 aliphatic heterocycles. The van der Waals surface area contributed by atoms with Crippen molar-refractivity contribution in [2.75, 3.05) is 41.3 Å². The van der Waals surface area contributed by atoms with Crippen molar-refractivity contribution in [3.05, 3.63) is 101 Å². The summed E-state index contributed by atoms with van der Waals surface area (Å²) in [6.45, 7) is 0.852. The molecule has 3 rings (SSSR count). The SMILES string of the molecule is CN(C)C(CNC(=O)c1cccc(C(=O)NCC(c2ccccc2)N(C)C)n1)c1ccccc1. The van der Waals surface area contributed by atoms with Gasteiger partial charge in [0.1, 0.15) is 11.4 Å². The minimum atomic E-state index is -0.312. The van der Waals surface area contributed by atoms with Gasteiger partial charge in [0.05, 0.1) is 12.1 Å². The second-order valence-electron chi connectivity index (χ2n) is 8.61. The Morgan fingerprint density at radius 2 is 1.03 bits per heavy atom. The number of hydrogen-bond donors (Lipinski definition) is 2. The van der Waals surface area contributed by atoms with Crippen LogP contribution >= 0.6 is 0 Å². The van der Waals surface area contributed by atoms with Crippen LogP contribution in [0.15, 0.2) is 78.9 Å². The summed E-state index contributed by atoms with van der Waals surface area (Å²) in [5, 5.41) is 5.90. The van der Waals surface area contributed by atoms with E-state index in [1.165, 1.54) is 0 Å². The number of carbonyl (C=O) groups excluding carboxylic acids is 2. The van der Waals surface area contributed by atoms with E-state index in [1.807, 2.05) is 88.9 Å². The number of hydrogen-bond acceptors (Lipinski definition) is 5. The number of nitrogens with zero attached hydrogens (tertiary/aromatic N) is 3. The van der Waals surface area contributed by atoms with E-state index in [-0.39, 0.29) is 35.3 Å². The minimum absolute atomic E-state index is 0.0255. The Hall–Kier alpha value is -3.55. The van der Waals surface area contributed by atoms with E-state index in [0.717, 1.165) is 11.1 Å². The summed E-state index contributed by atoms with van der Waals surface area (Å²) in [5.41, 5.74) is 2.65. The predicted molar refractivity (Wildman–Crippen MR) is 135 cm³/mol. The highest BCUT2D eigenvalue weighted by Gasteiger charge is 2.19. The number of pyridine rings is 1. The van der Waals surface area contributed by atoms with Crippen molar-refractivity contribution < 1.29 is 9.59 Å². The normalized spacial score (nSPS) is 12.9. The second kappa shape index (κ2) is 12.1. The molecule has 2 aromatic carbocycles. The van der Waals surface area contributed by atoms with Crippen LogP contribution < -0.4 is 10.6 Å². The molecule has 0 aliphatic carbocycles. The quantitative estimate of drug-likeness (QED) is 0.487. The first-order chi connectivity index (χ1) is 16.4. The van der Waals surface area contributed by atoms with Crippen LogP contribution in [-0.4, -0.2) is 67.9 Å². The van der Waals surface area contributed by atoms with Gasteiger partial charge >= 0.3 is 0 Å². The summed E-state index contributed by atoms with van der Waals surface area (Å²) in [7, 11) is 7.90. The highest BCUT2D eigenvalue weighted by Crippen LogP contribution is 2.18. The highest BCUT2D eigenvalue weighted by molar-refractivity contribution is 5.96. The molecular weight excluding hydrogens is 426 g/mol. The number of likely N-dealkylation sites (N-methyl/N-ethyl adjacent to an activating group) is 2. The van der Waals surface area contributed by atoms with Crippen LogP contribution in [0.5, 0.6) is 0 Å². The van der Waals surface area contributed by atoms with Gasteiger partial charge in [-0.15, -0.1) is 0 Å². The van der Waals surface area contributed by atoms with E-state index in [2.05, 4.69) is 25.4 Å². The number of carbonyl (C=O) groups is 2. The summed E-state index contributed by atoms with van der Waals surface area (Å²) in [5.74, 6) is -0.624. The van der Waals surface area contributed by atoms with Gasteiger partial charge in [0.25, 0.3) is 11.8 Å². The molecule has 2 atom stereocenters. The number of aromatic nitrogens is 1. The van der Waals surface area contributed by atoms with E-state index in [1.54, 1.807) is 18.2 Å².